The summed E-state index contributed by atoms with van der Waals surface area (Å²) in [4.78, 5) is 49.1. The third-order valence-electron chi connectivity index (χ3n) is 6.61. The van der Waals surface area contributed by atoms with Crippen molar-refractivity contribution in [2.75, 3.05) is 13.7 Å². The summed E-state index contributed by atoms with van der Waals surface area (Å²) in [5.74, 6) is -0.248. The number of nitrogens with zero attached hydrogens (tertiary/aromatic N) is 3. The van der Waals surface area contributed by atoms with Crippen LogP contribution in [0.5, 0.6) is 5.75 Å². The molecule has 3 amide bonds. The number of fused-ring (bicyclic) bond motifs is 2. The number of pyridine rings is 2. The molecule has 9 heteroatoms. The molecule has 0 aliphatic carbocycles. The van der Waals surface area contributed by atoms with E-state index in [0.717, 1.165) is 11.1 Å². The smallest absolute Gasteiger partial charge is 0.254 e. The van der Waals surface area contributed by atoms with E-state index in [9.17, 15) is 14.4 Å². The number of nitrogens with one attached hydrogen (secondary N) is 1. The lowest BCUT2D eigenvalue weighted by molar-refractivity contribution is -0.127. The van der Waals surface area contributed by atoms with Gasteiger partial charge in [0, 0.05) is 42.7 Å². The molecule has 5 heterocycles. The number of imide groups is 1. The zero-order valence-corrected chi connectivity index (χ0v) is 18.8. The van der Waals surface area contributed by atoms with Crippen molar-refractivity contribution in [2.24, 2.45) is 0 Å². The molecule has 1 atom stereocenters. The zero-order valence-electron chi connectivity index (χ0n) is 18.8. The fourth-order valence-electron chi connectivity index (χ4n) is 4.81. The molecule has 2 aliphatic heterocycles. The number of carbonyl (C=O) groups is 3. The molecule has 0 radical (unpaired) electrons. The third-order valence-corrected chi connectivity index (χ3v) is 6.61. The summed E-state index contributed by atoms with van der Waals surface area (Å²) >= 11 is 0. The van der Waals surface area contributed by atoms with E-state index in [2.05, 4.69) is 15.3 Å². The Labute approximate surface area is 199 Å². The standard InChI is InChI=1S/C26H20N4O5/c1-34-17-5-4-16-13-30(24(32)18(16)9-17)14-26(11-23(31)29-25(26)33)22-10-20-21(35-22)7-6-19(28-20)15-3-2-8-27-12-15/h2-10,12H,11,13-14H2,1H3,(H,29,31,33)/t26-/m1/s1. The molecule has 0 spiro atoms. The van der Waals surface area contributed by atoms with Gasteiger partial charge in [-0.25, -0.2) is 4.98 Å². The zero-order chi connectivity index (χ0) is 24.2. The molecule has 1 aromatic carbocycles. The number of rotatable bonds is 5. The molecule has 0 bridgehead atoms. The molecule has 9 nitrogen and oxygen atoms in total. The quantitative estimate of drug-likeness (QED) is 0.448. The van der Waals surface area contributed by atoms with E-state index in [1.807, 2.05) is 24.3 Å². The molecule has 6 rings (SSSR count). The van der Waals surface area contributed by atoms with Crippen molar-refractivity contribution in [3.8, 4) is 17.0 Å². The SMILES string of the molecule is COc1ccc2c(c1)C(=O)N(C[C@@]1(c3cc4nc(-c5cccnc5)ccc4o3)CC(=O)NC1=O)C2. The van der Waals surface area contributed by atoms with Crippen molar-refractivity contribution >= 4 is 28.8 Å². The second-order valence-electron chi connectivity index (χ2n) is 8.75. The molecule has 174 valence electrons. The first kappa shape index (κ1) is 21.0. The number of amides is 3. The molecule has 1 N–H and O–H groups in total. The Kier molecular flexibility index (Phi) is 4.67. The van der Waals surface area contributed by atoms with Gasteiger partial charge in [-0.2, -0.15) is 0 Å². The summed E-state index contributed by atoms with van der Waals surface area (Å²) in [6.07, 6.45) is 3.28. The van der Waals surface area contributed by atoms with Gasteiger partial charge in [-0.3, -0.25) is 24.7 Å². The molecule has 3 aromatic heterocycles. The first-order valence-corrected chi connectivity index (χ1v) is 11.1. The number of carbonyl (C=O) groups excluding carboxylic acids is 3. The summed E-state index contributed by atoms with van der Waals surface area (Å²) in [5, 5.41) is 2.39. The minimum atomic E-state index is -1.35. The number of aromatic nitrogens is 2. The molecular weight excluding hydrogens is 448 g/mol. The maximum atomic E-state index is 13.2. The minimum absolute atomic E-state index is 0.00428. The lowest BCUT2D eigenvalue weighted by Crippen LogP contribution is -2.46. The second-order valence-corrected chi connectivity index (χ2v) is 8.75. The maximum absolute atomic E-state index is 13.2. The van der Waals surface area contributed by atoms with E-state index in [1.54, 1.807) is 41.6 Å². The van der Waals surface area contributed by atoms with E-state index in [-0.39, 0.29) is 18.9 Å². The van der Waals surface area contributed by atoms with Crippen LogP contribution in [0.2, 0.25) is 0 Å². The van der Waals surface area contributed by atoms with Gasteiger partial charge in [0.25, 0.3) is 5.91 Å². The lowest BCUT2D eigenvalue weighted by Gasteiger charge is -2.28. The van der Waals surface area contributed by atoms with Gasteiger partial charge in [-0.1, -0.05) is 6.07 Å². The van der Waals surface area contributed by atoms with Crippen molar-refractivity contribution in [3.05, 3.63) is 77.8 Å². The Morgan fingerprint density at radius 1 is 1.14 bits per heavy atom. The van der Waals surface area contributed by atoms with Crippen LogP contribution >= 0.6 is 0 Å². The highest BCUT2D eigenvalue weighted by Gasteiger charge is 2.53. The first-order valence-electron chi connectivity index (χ1n) is 11.1. The number of ether oxygens (including phenoxy) is 1. The largest absolute Gasteiger partial charge is 0.497 e. The molecule has 0 saturated carbocycles. The van der Waals surface area contributed by atoms with E-state index in [0.29, 0.717) is 40.4 Å². The Balaban J connectivity index is 1.38. The van der Waals surface area contributed by atoms with Crippen LogP contribution < -0.4 is 10.1 Å². The topological polar surface area (TPSA) is 115 Å². The van der Waals surface area contributed by atoms with E-state index >= 15 is 0 Å². The van der Waals surface area contributed by atoms with Crippen LogP contribution in [0, 0.1) is 0 Å². The number of furan rings is 1. The summed E-state index contributed by atoms with van der Waals surface area (Å²) < 4.78 is 11.3. The van der Waals surface area contributed by atoms with Gasteiger partial charge in [0.05, 0.1) is 19.2 Å². The summed E-state index contributed by atoms with van der Waals surface area (Å²) in [6, 6.07) is 14.3. The molecular formula is C26H20N4O5. The van der Waals surface area contributed by atoms with Crippen LogP contribution in [0.3, 0.4) is 0 Å². The van der Waals surface area contributed by atoms with Crippen LogP contribution in [-0.4, -0.2) is 46.2 Å². The highest BCUT2D eigenvalue weighted by Crippen LogP contribution is 2.39. The van der Waals surface area contributed by atoms with Crippen LogP contribution in [0.1, 0.15) is 28.1 Å². The van der Waals surface area contributed by atoms with Crippen molar-refractivity contribution in [2.45, 2.75) is 18.4 Å². The predicted molar refractivity (Wildman–Crippen MR) is 124 cm³/mol. The summed E-state index contributed by atoms with van der Waals surface area (Å²) in [6.45, 7) is 0.320. The minimum Gasteiger partial charge on any atom is -0.497 e. The van der Waals surface area contributed by atoms with Gasteiger partial charge in [0.1, 0.15) is 22.4 Å². The van der Waals surface area contributed by atoms with Gasteiger partial charge in [0.2, 0.25) is 11.8 Å². The third kappa shape index (κ3) is 3.35. The number of hydrogen-bond acceptors (Lipinski definition) is 7. The van der Waals surface area contributed by atoms with Gasteiger partial charge in [-0.05, 0) is 42.0 Å². The number of methoxy groups -OCH3 is 1. The molecule has 35 heavy (non-hydrogen) atoms. The van der Waals surface area contributed by atoms with Crippen LogP contribution in [0.15, 0.2) is 65.3 Å². The maximum Gasteiger partial charge on any atom is 0.254 e. The Bertz CT molecular complexity index is 1510. The molecule has 4 aromatic rings. The van der Waals surface area contributed by atoms with Crippen LogP contribution in [0.4, 0.5) is 0 Å². The molecule has 1 saturated heterocycles. The highest BCUT2D eigenvalue weighted by molar-refractivity contribution is 6.10. The van der Waals surface area contributed by atoms with Gasteiger partial charge in [-0.15, -0.1) is 0 Å². The van der Waals surface area contributed by atoms with E-state index in [4.69, 9.17) is 9.15 Å². The fraction of sp³-hybridized carbons (Fsp3) is 0.192. The fourth-order valence-corrected chi connectivity index (χ4v) is 4.81. The number of hydrogen-bond donors (Lipinski definition) is 1. The first-order chi connectivity index (χ1) is 17.0. The highest BCUT2D eigenvalue weighted by atomic mass is 16.5. The normalized spacial score (nSPS) is 19.3. The van der Waals surface area contributed by atoms with E-state index in [1.165, 1.54) is 7.11 Å². The Hall–Kier alpha value is -4.53. The lowest BCUT2D eigenvalue weighted by atomic mass is 9.82. The monoisotopic (exact) mass is 468 g/mol. The summed E-state index contributed by atoms with van der Waals surface area (Å²) in [7, 11) is 1.54. The van der Waals surface area contributed by atoms with E-state index < -0.39 is 17.2 Å². The predicted octanol–water partition coefficient (Wildman–Crippen LogP) is 2.84. The Morgan fingerprint density at radius 3 is 2.77 bits per heavy atom. The number of benzene rings is 1. The van der Waals surface area contributed by atoms with Crippen LogP contribution in [-0.2, 0) is 21.5 Å². The molecule has 1 fully saturated rings. The van der Waals surface area contributed by atoms with Crippen molar-refractivity contribution in [1.29, 1.82) is 0 Å². The second kappa shape index (κ2) is 7.76. The van der Waals surface area contributed by atoms with Crippen molar-refractivity contribution in [3.63, 3.8) is 0 Å². The van der Waals surface area contributed by atoms with Crippen molar-refractivity contribution in [1.82, 2.24) is 20.2 Å². The molecule has 2 aliphatic rings. The van der Waals surface area contributed by atoms with Gasteiger partial charge in [0.15, 0.2) is 5.58 Å². The van der Waals surface area contributed by atoms with Gasteiger partial charge < -0.3 is 14.1 Å². The van der Waals surface area contributed by atoms with Crippen molar-refractivity contribution < 1.29 is 23.5 Å². The summed E-state index contributed by atoms with van der Waals surface area (Å²) in [5.41, 5.74) is 2.59. The van der Waals surface area contributed by atoms with Gasteiger partial charge >= 0.3 is 0 Å². The molecule has 0 unspecified atom stereocenters. The Morgan fingerprint density at radius 2 is 2.03 bits per heavy atom. The average molecular weight is 468 g/mol. The van der Waals surface area contributed by atoms with Crippen LogP contribution in [0.25, 0.3) is 22.4 Å². The average Bonchev–Trinajstić information content (AvgIpc) is 3.53.